The zero-order chi connectivity index (χ0) is 22.8. The Labute approximate surface area is 211 Å². The predicted molar refractivity (Wildman–Crippen MR) is 139 cm³/mol. The Kier molecular flexibility index (Phi) is 11.2. The van der Waals surface area contributed by atoms with Crippen molar-refractivity contribution in [2.75, 3.05) is 31.6 Å². The molecule has 1 amide bonds. The molecule has 0 saturated heterocycles. The van der Waals surface area contributed by atoms with Crippen LogP contribution in [0.1, 0.15) is 32.3 Å². The van der Waals surface area contributed by atoms with E-state index in [1.165, 1.54) is 12.1 Å². The van der Waals surface area contributed by atoms with Gasteiger partial charge in [-0.3, -0.25) is 9.79 Å². The smallest absolute Gasteiger partial charge is 0.222 e. The maximum atomic E-state index is 13.4. The average molecular weight is 570 g/mol. The molecule has 1 heterocycles. The summed E-state index contributed by atoms with van der Waals surface area (Å²) in [6.07, 6.45) is 1.76. The summed E-state index contributed by atoms with van der Waals surface area (Å²) in [5.41, 5.74) is 1.68. The Morgan fingerprint density at radius 2 is 1.91 bits per heavy atom. The van der Waals surface area contributed by atoms with E-state index in [0.717, 1.165) is 23.4 Å². The second-order valence-corrected chi connectivity index (χ2v) is 7.85. The number of halogens is 2. The first kappa shape index (κ1) is 26.7. The van der Waals surface area contributed by atoms with Crippen LogP contribution in [0, 0.1) is 5.82 Å². The maximum Gasteiger partial charge on any atom is 0.222 e. The van der Waals surface area contributed by atoms with Crippen LogP contribution in [0.2, 0.25) is 0 Å². The molecule has 0 fully saturated rings. The molecule has 2 aromatic carbocycles. The molecule has 7 nitrogen and oxygen atoms in total. The molecular weight excluding hydrogens is 538 g/mol. The van der Waals surface area contributed by atoms with E-state index in [2.05, 4.69) is 20.9 Å². The van der Waals surface area contributed by atoms with Crippen LogP contribution in [0.5, 0.6) is 11.5 Å². The number of benzene rings is 2. The van der Waals surface area contributed by atoms with Gasteiger partial charge in [0.1, 0.15) is 5.82 Å². The summed E-state index contributed by atoms with van der Waals surface area (Å²) in [7, 11) is 0. The van der Waals surface area contributed by atoms with Crippen molar-refractivity contribution in [1.82, 2.24) is 10.6 Å². The molecule has 0 unspecified atom stereocenters. The molecule has 33 heavy (non-hydrogen) atoms. The maximum absolute atomic E-state index is 13.4. The van der Waals surface area contributed by atoms with E-state index in [9.17, 15) is 9.18 Å². The van der Waals surface area contributed by atoms with E-state index < -0.39 is 0 Å². The Hall–Kier alpha value is -2.56. The first-order valence-corrected chi connectivity index (χ1v) is 11.0. The lowest BCUT2D eigenvalue weighted by molar-refractivity contribution is -0.121. The number of rotatable bonds is 8. The van der Waals surface area contributed by atoms with Gasteiger partial charge in [0, 0.05) is 37.2 Å². The van der Waals surface area contributed by atoms with Gasteiger partial charge >= 0.3 is 0 Å². The van der Waals surface area contributed by atoms with Crippen LogP contribution < -0.4 is 25.4 Å². The normalized spacial score (nSPS) is 13.0. The molecule has 0 bridgehead atoms. The molecule has 0 aromatic heterocycles. The van der Waals surface area contributed by atoms with Crippen LogP contribution in [0.25, 0.3) is 0 Å². The van der Waals surface area contributed by atoms with Crippen molar-refractivity contribution in [3.8, 4) is 11.5 Å². The summed E-state index contributed by atoms with van der Waals surface area (Å²) < 4.78 is 24.9. The number of anilines is 1. The minimum Gasteiger partial charge on any atom is -0.490 e. The van der Waals surface area contributed by atoms with Gasteiger partial charge in [-0.15, -0.1) is 24.0 Å². The Bertz CT molecular complexity index is 940. The average Bonchev–Trinajstić information content (AvgIpc) is 2.98. The Morgan fingerprint density at radius 3 is 2.67 bits per heavy atom. The van der Waals surface area contributed by atoms with Crippen LogP contribution >= 0.6 is 24.0 Å². The highest BCUT2D eigenvalue weighted by atomic mass is 127. The van der Waals surface area contributed by atoms with E-state index in [4.69, 9.17) is 9.47 Å². The molecule has 3 N–H and O–H groups in total. The lowest BCUT2D eigenvalue weighted by Gasteiger charge is -2.15. The van der Waals surface area contributed by atoms with Gasteiger partial charge in [0.15, 0.2) is 17.5 Å². The van der Waals surface area contributed by atoms with E-state index >= 15 is 0 Å². The van der Waals surface area contributed by atoms with Crippen LogP contribution in [-0.4, -0.2) is 44.2 Å². The number of guanidine groups is 1. The van der Waals surface area contributed by atoms with Gasteiger partial charge in [0.05, 0.1) is 19.8 Å². The number of hydrogen-bond acceptors (Lipinski definition) is 4. The molecular formula is C24H32FIN4O3. The molecule has 180 valence electrons. The number of fused-ring (bicyclic) bond motifs is 1. The standard InChI is InChI=1S/C24H31FN4O3.HI/c1-17(2)28-23(30)10-12-27-24(26-11-9-18-5-3-6-19(25)15-18)29-20-7-8-21-22(16-20)32-14-4-13-31-21;/h3,5-8,15-17H,4,9-14H2,1-2H3,(H,28,30)(H2,26,27,29);1H. The number of ether oxygens (including phenoxy) is 2. The summed E-state index contributed by atoms with van der Waals surface area (Å²) in [5.74, 6) is 1.64. The lowest BCUT2D eigenvalue weighted by Crippen LogP contribution is -2.33. The monoisotopic (exact) mass is 570 g/mol. The minimum atomic E-state index is -0.252. The second-order valence-electron chi connectivity index (χ2n) is 7.85. The highest BCUT2D eigenvalue weighted by Gasteiger charge is 2.12. The molecule has 0 radical (unpaired) electrons. The largest absolute Gasteiger partial charge is 0.490 e. The third-order valence-corrected chi connectivity index (χ3v) is 4.66. The molecule has 0 atom stereocenters. The molecule has 0 spiro atoms. The zero-order valence-electron chi connectivity index (χ0n) is 19.0. The van der Waals surface area contributed by atoms with E-state index in [-0.39, 0.29) is 48.2 Å². The number of carbonyl (C=O) groups excluding carboxylic acids is 1. The number of hydrogen-bond donors (Lipinski definition) is 3. The van der Waals surface area contributed by atoms with Gasteiger partial charge in [0.25, 0.3) is 0 Å². The summed E-state index contributed by atoms with van der Waals surface area (Å²) in [6, 6.07) is 12.2. The zero-order valence-corrected chi connectivity index (χ0v) is 21.4. The van der Waals surface area contributed by atoms with Crippen molar-refractivity contribution in [3.63, 3.8) is 0 Å². The Morgan fingerprint density at radius 1 is 1.12 bits per heavy atom. The second kappa shape index (κ2) is 13.9. The number of aliphatic imine (C=N–C) groups is 1. The number of amides is 1. The fraction of sp³-hybridized carbons (Fsp3) is 0.417. The van der Waals surface area contributed by atoms with Crippen LogP contribution in [0.3, 0.4) is 0 Å². The molecule has 0 saturated carbocycles. The SMILES string of the molecule is CC(C)NC(=O)CCN=C(NCCc1cccc(F)c1)Nc1ccc2c(c1)OCCCO2.I. The van der Waals surface area contributed by atoms with Crippen LogP contribution in [0.15, 0.2) is 47.5 Å². The third-order valence-electron chi connectivity index (χ3n) is 4.66. The van der Waals surface area contributed by atoms with E-state index in [1.807, 2.05) is 38.1 Å². The number of carbonyl (C=O) groups is 1. The molecule has 1 aliphatic heterocycles. The van der Waals surface area contributed by atoms with E-state index in [1.54, 1.807) is 6.07 Å². The third kappa shape index (κ3) is 9.45. The summed E-state index contributed by atoms with van der Waals surface area (Å²) >= 11 is 0. The highest BCUT2D eigenvalue weighted by Crippen LogP contribution is 2.32. The summed E-state index contributed by atoms with van der Waals surface area (Å²) in [4.78, 5) is 16.5. The van der Waals surface area contributed by atoms with Gasteiger partial charge in [-0.2, -0.15) is 0 Å². The van der Waals surface area contributed by atoms with Gasteiger partial charge in [-0.1, -0.05) is 12.1 Å². The molecule has 9 heteroatoms. The van der Waals surface area contributed by atoms with Crippen molar-refractivity contribution < 1.29 is 18.7 Å². The van der Waals surface area contributed by atoms with Gasteiger partial charge in [-0.25, -0.2) is 4.39 Å². The fourth-order valence-electron chi connectivity index (χ4n) is 3.20. The number of nitrogens with one attached hydrogen (secondary N) is 3. The highest BCUT2D eigenvalue weighted by molar-refractivity contribution is 14.0. The first-order chi connectivity index (χ1) is 15.5. The van der Waals surface area contributed by atoms with Gasteiger partial charge < -0.3 is 25.4 Å². The number of nitrogens with zero attached hydrogens (tertiary/aromatic N) is 1. The summed E-state index contributed by atoms with van der Waals surface area (Å²) in [5, 5.41) is 9.38. The summed E-state index contributed by atoms with van der Waals surface area (Å²) in [6.45, 7) is 5.97. The van der Waals surface area contributed by atoms with Gasteiger partial charge in [0.2, 0.25) is 5.91 Å². The first-order valence-electron chi connectivity index (χ1n) is 11.0. The molecule has 0 aliphatic carbocycles. The quantitative estimate of drug-likeness (QED) is 0.253. The van der Waals surface area contributed by atoms with Crippen molar-refractivity contribution in [3.05, 3.63) is 53.8 Å². The fourth-order valence-corrected chi connectivity index (χ4v) is 3.20. The topological polar surface area (TPSA) is 84.0 Å². The van der Waals surface area contributed by atoms with Crippen molar-refractivity contribution >= 4 is 41.5 Å². The molecule has 2 aromatic rings. The van der Waals surface area contributed by atoms with Crippen molar-refractivity contribution in [2.45, 2.75) is 39.2 Å². The van der Waals surface area contributed by atoms with E-state index in [0.29, 0.717) is 44.4 Å². The Balaban J connectivity index is 0.00000385. The lowest BCUT2D eigenvalue weighted by atomic mass is 10.1. The van der Waals surface area contributed by atoms with Crippen LogP contribution in [-0.2, 0) is 11.2 Å². The predicted octanol–water partition coefficient (Wildman–Crippen LogP) is 4.12. The van der Waals surface area contributed by atoms with Crippen molar-refractivity contribution in [1.29, 1.82) is 0 Å². The minimum absolute atomic E-state index is 0. The van der Waals surface area contributed by atoms with Gasteiger partial charge in [-0.05, 0) is 50.1 Å². The molecule has 1 aliphatic rings. The van der Waals surface area contributed by atoms with Crippen molar-refractivity contribution in [2.24, 2.45) is 4.99 Å². The molecule has 3 rings (SSSR count). The van der Waals surface area contributed by atoms with Crippen LogP contribution in [0.4, 0.5) is 10.1 Å².